The van der Waals surface area contributed by atoms with Crippen molar-refractivity contribution >= 4 is 28.3 Å². The average Bonchev–Trinajstić information content (AvgIpc) is 3.40. The Balaban J connectivity index is 1.37. The molecule has 1 amide bonds. The lowest BCUT2D eigenvalue weighted by Crippen LogP contribution is -2.27. The van der Waals surface area contributed by atoms with E-state index in [9.17, 15) is 4.79 Å². The number of carbonyl (C=O) groups excluding carboxylic acids is 1. The molecule has 1 unspecified atom stereocenters. The van der Waals surface area contributed by atoms with Crippen LogP contribution >= 0.6 is 11.3 Å². The second-order valence-electron chi connectivity index (χ2n) is 7.72. The summed E-state index contributed by atoms with van der Waals surface area (Å²) in [5, 5.41) is 11.5. The van der Waals surface area contributed by atoms with Gasteiger partial charge in [-0.05, 0) is 56.7 Å². The van der Waals surface area contributed by atoms with Gasteiger partial charge in [-0.15, -0.1) is 11.3 Å². The van der Waals surface area contributed by atoms with E-state index in [1.165, 1.54) is 17.6 Å². The van der Waals surface area contributed by atoms with E-state index >= 15 is 0 Å². The van der Waals surface area contributed by atoms with Gasteiger partial charge in [0.05, 0.1) is 29.0 Å². The normalized spacial score (nSPS) is 14.5. The number of hydrogen-bond donors (Lipinski definition) is 2. The van der Waals surface area contributed by atoms with Crippen LogP contribution in [0.2, 0.25) is 0 Å². The van der Waals surface area contributed by atoms with Crippen LogP contribution in [-0.4, -0.2) is 31.1 Å². The zero-order valence-corrected chi connectivity index (χ0v) is 17.7. The monoisotopic (exact) mass is 418 g/mol. The molecule has 0 spiro atoms. The summed E-state index contributed by atoms with van der Waals surface area (Å²) in [5.74, 6) is -0.0960. The quantitative estimate of drug-likeness (QED) is 0.519. The summed E-state index contributed by atoms with van der Waals surface area (Å²) < 4.78 is 0. The number of nitrogens with one attached hydrogen (secondary N) is 2. The molecule has 3 aromatic heterocycles. The van der Waals surface area contributed by atoms with Crippen molar-refractivity contribution in [3.63, 3.8) is 0 Å². The lowest BCUT2D eigenvalue weighted by atomic mass is 9.98. The molecule has 0 saturated heterocycles. The Labute approximate surface area is 178 Å². The molecule has 1 aromatic carbocycles. The van der Waals surface area contributed by atoms with Crippen LogP contribution in [0, 0.1) is 6.92 Å². The molecule has 0 fully saturated rings. The van der Waals surface area contributed by atoms with E-state index in [1.54, 1.807) is 17.5 Å². The van der Waals surface area contributed by atoms with Gasteiger partial charge in [-0.2, -0.15) is 5.10 Å². The van der Waals surface area contributed by atoms with Gasteiger partial charge >= 0.3 is 0 Å². The summed E-state index contributed by atoms with van der Waals surface area (Å²) in [7, 11) is 0. The Morgan fingerprint density at radius 2 is 2.10 bits per heavy atom. The van der Waals surface area contributed by atoms with Gasteiger partial charge < -0.3 is 5.32 Å². The van der Waals surface area contributed by atoms with Crippen LogP contribution in [0.3, 0.4) is 0 Å². The summed E-state index contributed by atoms with van der Waals surface area (Å²) in [5.41, 5.74) is 5.83. The van der Waals surface area contributed by atoms with Crippen LogP contribution in [0.5, 0.6) is 0 Å². The fraction of sp³-hybridized carbons (Fsp3) is 0.318. The lowest BCUT2D eigenvalue weighted by Gasteiger charge is -2.17. The van der Waals surface area contributed by atoms with Crippen LogP contribution in [0.4, 0.5) is 0 Å². The number of thiazole rings is 1. The van der Waals surface area contributed by atoms with E-state index in [0.29, 0.717) is 10.7 Å². The number of aromatic amines is 1. The molecule has 0 bridgehead atoms. The molecular formula is C22H22N6OS. The Kier molecular flexibility index (Phi) is 4.78. The van der Waals surface area contributed by atoms with Crippen molar-refractivity contribution in [2.45, 2.75) is 45.6 Å². The van der Waals surface area contributed by atoms with Crippen molar-refractivity contribution in [3.05, 3.63) is 57.4 Å². The Morgan fingerprint density at radius 3 is 2.93 bits per heavy atom. The Hall–Kier alpha value is -3.13. The largest absolute Gasteiger partial charge is 0.343 e. The van der Waals surface area contributed by atoms with Gasteiger partial charge in [0.2, 0.25) is 0 Å². The number of hydrogen-bond acceptors (Lipinski definition) is 6. The summed E-state index contributed by atoms with van der Waals surface area (Å²) >= 11 is 1.54. The van der Waals surface area contributed by atoms with Gasteiger partial charge in [0, 0.05) is 10.4 Å². The highest BCUT2D eigenvalue weighted by Gasteiger charge is 2.21. The van der Waals surface area contributed by atoms with Crippen molar-refractivity contribution in [2.75, 3.05) is 0 Å². The first-order valence-corrected chi connectivity index (χ1v) is 11.0. The molecule has 152 valence electrons. The molecule has 8 heteroatoms. The van der Waals surface area contributed by atoms with Crippen molar-refractivity contribution in [1.82, 2.24) is 30.5 Å². The second kappa shape index (κ2) is 7.60. The fourth-order valence-corrected chi connectivity index (χ4v) is 5.14. The van der Waals surface area contributed by atoms with Gasteiger partial charge in [0.15, 0.2) is 10.7 Å². The molecule has 2 N–H and O–H groups in total. The zero-order valence-electron chi connectivity index (χ0n) is 16.9. The van der Waals surface area contributed by atoms with Crippen LogP contribution < -0.4 is 5.32 Å². The third-order valence-electron chi connectivity index (χ3n) is 5.65. The number of rotatable bonds is 4. The molecule has 30 heavy (non-hydrogen) atoms. The van der Waals surface area contributed by atoms with Crippen LogP contribution in [0.1, 0.15) is 57.3 Å². The summed E-state index contributed by atoms with van der Waals surface area (Å²) in [6, 6.07) is 6.06. The van der Waals surface area contributed by atoms with Gasteiger partial charge in [0.1, 0.15) is 6.33 Å². The van der Waals surface area contributed by atoms with Crippen molar-refractivity contribution in [1.29, 1.82) is 0 Å². The van der Waals surface area contributed by atoms with E-state index < -0.39 is 0 Å². The number of amides is 1. The van der Waals surface area contributed by atoms with Gasteiger partial charge in [-0.3, -0.25) is 9.89 Å². The molecule has 0 saturated carbocycles. The van der Waals surface area contributed by atoms with Gasteiger partial charge in [-0.25, -0.2) is 15.0 Å². The number of H-pyrrole nitrogens is 1. The molecule has 0 radical (unpaired) electrons. The van der Waals surface area contributed by atoms with E-state index in [0.717, 1.165) is 52.7 Å². The summed E-state index contributed by atoms with van der Waals surface area (Å²) in [6.45, 7) is 4.06. The zero-order chi connectivity index (χ0) is 20.7. The number of aryl methyl sites for hydroxylation is 3. The maximum absolute atomic E-state index is 12.8. The predicted octanol–water partition coefficient (Wildman–Crippen LogP) is 4.15. The minimum Gasteiger partial charge on any atom is -0.343 e. The van der Waals surface area contributed by atoms with Crippen LogP contribution in [0.15, 0.2) is 30.7 Å². The van der Waals surface area contributed by atoms with Crippen molar-refractivity contribution in [2.24, 2.45) is 0 Å². The maximum atomic E-state index is 12.8. The standard InChI is InChI=1S/C22H22N6OS/c1-12-9-14(19-16-10-25-28-20(16)24-11-23-19)7-8-15(12)13(2)26-21(29)22-27-17-5-3-4-6-18(17)30-22/h7-11,13H,3-6H2,1-2H3,(H,26,29)(H,23,24,25,28). The van der Waals surface area contributed by atoms with Crippen LogP contribution in [0.25, 0.3) is 22.3 Å². The first kappa shape index (κ1) is 18.9. The number of carbonyl (C=O) groups is 1. The van der Waals surface area contributed by atoms with E-state index in [4.69, 9.17) is 0 Å². The topological polar surface area (TPSA) is 96.5 Å². The third kappa shape index (κ3) is 3.37. The molecule has 3 heterocycles. The molecular weight excluding hydrogens is 396 g/mol. The van der Waals surface area contributed by atoms with Crippen molar-refractivity contribution in [3.8, 4) is 11.3 Å². The number of benzene rings is 1. The van der Waals surface area contributed by atoms with E-state index in [-0.39, 0.29) is 11.9 Å². The second-order valence-corrected chi connectivity index (χ2v) is 8.80. The number of nitrogens with zero attached hydrogens (tertiary/aromatic N) is 4. The first-order valence-electron chi connectivity index (χ1n) is 10.1. The molecule has 1 aliphatic rings. The van der Waals surface area contributed by atoms with Crippen LogP contribution in [-0.2, 0) is 12.8 Å². The van der Waals surface area contributed by atoms with Gasteiger partial charge in [0.25, 0.3) is 5.91 Å². The maximum Gasteiger partial charge on any atom is 0.280 e. The smallest absolute Gasteiger partial charge is 0.280 e. The molecule has 0 aliphatic heterocycles. The predicted molar refractivity (Wildman–Crippen MR) is 116 cm³/mol. The van der Waals surface area contributed by atoms with Crippen molar-refractivity contribution < 1.29 is 4.79 Å². The third-order valence-corrected chi connectivity index (χ3v) is 6.80. The SMILES string of the molecule is Cc1cc(-c2ncnc3[nH]ncc23)ccc1C(C)NC(=O)c1nc2c(s1)CCCC2. The lowest BCUT2D eigenvalue weighted by molar-refractivity contribution is 0.0939. The summed E-state index contributed by atoms with van der Waals surface area (Å²) in [6.07, 6.45) is 7.67. The Bertz CT molecular complexity index is 1220. The van der Waals surface area contributed by atoms with E-state index in [1.807, 2.05) is 13.0 Å². The highest BCUT2D eigenvalue weighted by molar-refractivity contribution is 7.13. The number of aromatic nitrogens is 5. The Morgan fingerprint density at radius 1 is 1.23 bits per heavy atom. The summed E-state index contributed by atoms with van der Waals surface area (Å²) in [4.78, 5) is 27.3. The highest BCUT2D eigenvalue weighted by atomic mass is 32.1. The molecule has 1 atom stereocenters. The molecule has 4 aromatic rings. The minimum absolute atomic E-state index is 0.0960. The first-order chi connectivity index (χ1) is 14.6. The highest BCUT2D eigenvalue weighted by Crippen LogP contribution is 2.29. The van der Waals surface area contributed by atoms with E-state index in [2.05, 4.69) is 49.5 Å². The molecule has 7 nitrogen and oxygen atoms in total. The molecule has 1 aliphatic carbocycles. The fourth-order valence-electron chi connectivity index (χ4n) is 4.09. The number of fused-ring (bicyclic) bond motifs is 2. The average molecular weight is 419 g/mol. The molecule has 5 rings (SSSR count). The minimum atomic E-state index is -0.119. The van der Waals surface area contributed by atoms with Gasteiger partial charge in [-0.1, -0.05) is 12.1 Å².